The van der Waals surface area contributed by atoms with Crippen molar-refractivity contribution in [2.45, 2.75) is 57.5 Å². The number of nitrogens with zero attached hydrogens (tertiary/aromatic N) is 4. The van der Waals surface area contributed by atoms with Crippen LogP contribution in [0.2, 0.25) is 0 Å². The number of hydroxylamine groups is 2. The van der Waals surface area contributed by atoms with Crippen LogP contribution in [0.25, 0.3) is 17.1 Å². The fourth-order valence-corrected chi connectivity index (χ4v) is 4.49. The molecular formula is C27H31F3N4O7. The second-order valence-electron chi connectivity index (χ2n) is 9.22. The number of methoxy groups -OCH3 is 3. The SMILES string of the molecule is COC1C(C)OC(ON(Cc2ccc(-c3ncn(-c4ccc(OC(F)(F)F)cc4)n3)cc2)C(C)=O)C(OC)C1OC. The topological polar surface area (TPSA) is 106 Å². The summed E-state index contributed by atoms with van der Waals surface area (Å²) in [7, 11) is 4.61. The molecule has 1 aromatic heterocycles. The zero-order chi connectivity index (χ0) is 29.7. The summed E-state index contributed by atoms with van der Waals surface area (Å²) in [6.07, 6.45) is -6.14. The van der Waals surface area contributed by atoms with Crippen molar-refractivity contribution in [2.24, 2.45) is 0 Å². The van der Waals surface area contributed by atoms with Gasteiger partial charge >= 0.3 is 6.36 Å². The van der Waals surface area contributed by atoms with Gasteiger partial charge in [0.15, 0.2) is 5.82 Å². The van der Waals surface area contributed by atoms with Crippen molar-refractivity contribution in [3.05, 3.63) is 60.4 Å². The minimum Gasteiger partial charge on any atom is -0.406 e. The van der Waals surface area contributed by atoms with Gasteiger partial charge in [-0.25, -0.2) is 19.6 Å². The average molecular weight is 581 g/mol. The van der Waals surface area contributed by atoms with Gasteiger partial charge in [0.2, 0.25) is 12.2 Å². The van der Waals surface area contributed by atoms with E-state index in [-0.39, 0.29) is 30.4 Å². The van der Waals surface area contributed by atoms with Gasteiger partial charge in [-0.3, -0.25) is 4.79 Å². The van der Waals surface area contributed by atoms with Gasteiger partial charge in [0.05, 0.1) is 18.3 Å². The lowest BCUT2D eigenvalue weighted by Gasteiger charge is -2.44. The van der Waals surface area contributed by atoms with Crippen LogP contribution < -0.4 is 4.74 Å². The number of ether oxygens (including phenoxy) is 5. The Morgan fingerprint density at radius 3 is 2.17 bits per heavy atom. The molecule has 5 atom stereocenters. The van der Waals surface area contributed by atoms with Crippen molar-refractivity contribution in [1.82, 2.24) is 19.8 Å². The van der Waals surface area contributed by atoms with E-state index in [4.69, 9.17) is 23.8 Å². The summed E-state index contributed by atoms with van der Waals surface area (Å²) in [5.41, 5.74) is 1.96. The molecular weight excluding hydrogens is 549 g/mol. The van der Waals surface area contributed by atoms with E-state index in [2.05, 4.69) is 14.8 Å². The van der Waals surface area contributed by atoms with Crippen LogP contribution in [0.1, 0.15) is 19.4 Å². The van der Waals surface area contributed by atoms with E-state index < -0.39 is 24.9 Å². The molecule has 1 saturated heterocycles. The molecule has 0 bridgehead atoms. The van der Waals surface area contributed by atoms with Gasteiger partial charge in [-0.2, -0.15) is 0 Å². The highest BCUT2D eigenvalue weighted by Crippen LogP contribution is 2.29. The van der Waals surface area contributed by atoms with Gasteiger partial charge < -0.3 is 23.7 Å². The molecule has 1 fully saturated rings. The molecule has 11 nitrogen and oxygen atoms in total. The molecule has 1 aliphatic rings. The molecule has 0 radical (unpaired) electrons. The Morgan fingerprint density at radius 2 is 1.61 bits per heavy atom. The maximum Gasteiger partial charge on any atom is 0.573 e. The van der Waals surface area contributed by atoms with Crippen molar-refractivity contribution < 1.29 is 46.5 Å². The van der Waals surface area contributed by atoms with Crippen molar-refractivity contribution in [2.75, 3.05) is 21.3 Å². The Bertz CT molecular complexity index is 1290. The molecule has 4 rings (SSSR count). The number of alkyl halides is 3. The van der Waals surface area contributed by atoms with E-state index >= 15 is 0 Å². The van der Waals surface area contributed by atoms with Crippen LogP contribution in [0, 0.1) is 0 Å². The summed E-state index contributed by atoms with van der Waals surface area (Å²) in [6.45, 7) is 3.33. The molecule has 14 heteroatoms. The predicted octanol–water partition coefficient (Wildman–Crippen LogP) is 3.90. The van der Waals surface area contributed by atoms with Crippen LogP contribution in [0.15, 0.2) is 54.9 Å². The van der Waals surface area contributed by atoms with Gasteiger partial charge in [-0.15, -0.1) is 18.3 Å². The lowest BCUT2D eigenvalue weighted by molar-refractivity contribution is -0.356. The summed E-state index contributed by atoms with van der Waals surface area (Å²) < 4.78 is 65.2. The number of rotatable bonds is 10. The molecule has 0 aliphatic carbocycles. The van der Waals surface area contributed by atoms with Crippen LogP contribution in [0.5, 0.6) is 5.75 Å². The average Bonchev–Trinajstić information content (AvgIpc) is 3.42. The number of hydrogen-bond acceptors (Lipinski definition) is 9. The van der Waals surface area contributed by atoms with Crippen LogP contribution >= 0.6 is 0 Å². The summed E-state index contributed by atoms with van der Waals surface area (Å²) >= 11 is 0. The van der Waals surface area contributed by atoms with E-state index in [1.165, 1.54) is 54.4 Å². The number of hydrogen-bond donors (Lipinski definition) is 0. The summed E-state index contributed by atoms with van der Waals surface area (Å²) in [5.74, 6) is -0.270. The molecule has 2 aromatic carbocycles. The quantitative estimate of drug-likeness (QED) is 0.330. The van der Waals surface area contributed by atoms with Gasteiger partial charge in [-0.1, -0.05) is 24.3 Å². The number of carbonyl (C=O) groups excluding carboxylic acids is 1. The summed E-state index contributed by atoms with van der Waals surface area (Å²) in [6, 6.07) is 12.4. The van der Waals surface area contributed by atoms with E-state index in [1.54, 1.807) is 38.5 Å². The van der Waals surface area contributed by atoms with Crippen molar-refractivity contribution >= 4 is 5.91 Å². The third kappa shape index (κ3) is 7.40. The second kappa shape index (κ2) is 13.0. The first kappa shape index (κ1) is 30.4. The third-order valence-electron chi connectivity index (χ3n) is 6.49. The molecule has 1 amide bonds. The molecule has 222 valence electrons. The highest BCUT2D eigenvalue weighted by molar-refractivity contribution is 5.72. The van der Waals surface area contributed by atoms with E-state index in [1.807, 2.05) is 6.92 Å². The molecule has 5 unspecified atom stereocenters. The lowest BCUT2D eigenvalue weighted by atomic mass is 9.99. The minimum atomic E-state index is -4.77. The van der Waals surface area contributed by atoms with Gasteiger partial charge in [0, 0.05) is 33.8 Å². The smallest absolute Gasteiger partial charge is 0.406 e. The Labute approximate surface area is 234 Å². The molecule has 0 N–H and O–H groups in total. The van der Waals surface area contributed by atoms with Crippen molar-refractivity contribution in [3.8, 4) is 22.8 Å². The zero-order valence-electron chi connectivity index (χ0n) is 23.1. The Kier molecular flexibility index (Phi) is 9.60. The number of aromatic nitrogens is 3. The highest BCUT2D eigenvalue weighted by Gasteiger charge is 2.47. The maximum atomic E-state index is 12.4. The molecule has 41 heavy (non-hydrogen) atoms. The number of carbonyl (C=O) groups is 1. The number of halogens is 3. The third-order valence-corrected chi connectivity index (χ3v) is 6.49. The first-order valence-corrected chi connectivity index (χ1v) is 12.6. The Balaban J connectivity index is 1.43. The maximum absolute atomic E-state index is 12.4. The van der Waals surface area contributed by atoms with Crippen LogP contribution in [0.3, 0.4) is 0 Å². The van der Waals surface area contributed by atoms with E-state index in [9.17, 15) is 18.0 Å². The number of amides is 1. The largest absolute Gasteiger partial charge is 0.573 e. The van der Waals surface area contributed by atoms with Crippen LogP contribution in [-0.2, 0) is 35.1 Å². The normalized spacial score (nSPS) is 22.9. The number of benzene rings is 2. The van der Waals surface area contributed by atoms with Crippen molar-refractivity contribution in [1.29, 1.82) is 0 Å². The van der Waals surface area contributed by atoms with Crippen LogP contribution in [-0.4, -0.2) is 84.1 Å². The van der Waals surface area contributed by atoms with E-state index in [0.29, 0.717) is 17.1 Å². The fraction of sp³-hybridized carbons (Fsp3) is 0.444. The Hall–Kier alpha value is -3.56. The summed E-state index contributed by atoms with van der Waals surface area (Å²) in [4.78, 5) is 22.7. The molecule has 0 spiro atoms. The van der Waals surface area contributed by atoms with Crippen molar-refractivity contribution in [3.63, 3.8) is 0 Å². The monoisotopic (exact) mass is 580 g/mol. The second-order valence-corrected chi connectivity index (χ2v) is 9.22. The molecule has 1 aliphatic heterocycles. The first-order chi connectivity index (χ1) is 19.5. The Morgan fingerprint density at radius 1 is 0.976 bits per heavy atom. The van der Waals surface area contributed by atoms with E-state index in [0.717, 1.165) is 5.56 Å². The molecule has 3 aromatic rings. The fourth-order valence-electron chi connectivity index (χ4n) is 4.49. The standard InChI is InChI=1S/C27H31F3N4O7/c1-16-22(36-3)23(37-4)24(38-5)26(39-16)41-34(17(2)35)14-18-6-8-19(9-7-18)25-31-15-33(32-25)20-10-12-21(13-11-20)40-27(28,29)30/h6-13,15-16,22-24,26H,14H2,1-5H3. The minimum absolute atomic E-state index is 0.125. The van der Waals surface area contributed by atoms with Gasteiger partial charge in [-0.05, 0) is 36.8 Å². The lowest BCUT2D eigenvalue weighted by Crippen LogP contribution is -2.60. The van der Waals surface area contributed by atoms with Gasteiger partial charge in [0.1, 0.15) is 30.4 Å². The first-order valence-electron chi connectivity index (χ1n) is 12.6. The van der Waals surface area contributed by atoms with Gasteiger partial charge in [0.25, 0.3) is 0 Å². The predicted molar refractivity (Wildman–Crippen MR) is 138 cm³/mol. The molecule has 0 saturated carbocycles. The molecule has 2 heterocycles. The summed E-state index contributed by atoms with van der Waals surface area (Å²) in [5, 5.41) is 5.60. The van der Waals surface area contributed by atoms with Crippen LogP contribution in [0.4, 0.5) is 13.2 Å². The zero-order valence-corrected chi connectivity index (χ0v) is 23.1. The highest BCUT2D eigenvalue weighted by atomic mass is 19.4.